The number of aromatic nitrogens is 1. The van der Waals surface area contributed by atoms with Crippen molar-refractivity contribution >= 4 is 16.8 Å². The van der Waals surface area contributed by atoms with Gasteiger partial charge in [-0.3, -0.25) is 9.59 Å². The van der Waals surface area contributed by atoms with Crippen molar-refractivity contribution in [3.63, 3.8) is 0 Å². The van der Waals surface area contributed by atoms with Gasteiger partial charge >= 0.3 is 0 Å². The maximum Gasteiger partial charge on any atom is 0.289 e. The first-order chi connectivity index (χ1) is 14.1. The first-order valence-electron chi connectivity index (χ1n) is 9.60. The van der Waals surface area contributed by atoms with Crippen LogP contribution in [-0.2, 0) is 13.0 Å². The molecule has 2 aromatic carbocycles. The zero-order chi connectivity index (χ0) is 20.2. The number of H-pyrrole nitrogens is 1. The molecule has 0 fully saturated rings. The van der Waals surface area contributed by atoms with E-state index in [9.17, 15) is 9.59 Å². The van der Waals surface area contributed by atoms with E-state index in [-0.39, 0.29) is 23.8 Å². The Morgan fingerprint density at radius 2 is 1.86 bits per heavy atom. The Morgan fingerprint density at radius 3 is 2.62 bits per heavy atom. The normalized spacial score (nSPS) is 10.9. The summed E-state index contributed by atoms with van der Waals surface area (Å²) in [6.07, 6.45) is 2.17. The maximum atomic E-state index is 13.0. The van der Waals surface area contributed by atoms with E-state index in [1.54, 1.807) is 17.0 Å². The van der Waals surface area contributed by atoms with Crippen LogP contribution < -0.4 is 5.56 Å². The lowest BCUT2D eigenvalue weighted by Gasteiger charge is -2.22. The number of carbonyl (C=O) groups excluding carboxylic acids is 1. The van der Waals surface area contributed by atoms with Crippen LogP contribution in [0.5, 0.6) is 0 Å². The van der Waals surface area contributed by atoms with E-state index in [4.69, 9.17) is 4.42 Å². The van der Waals surface area contributed by atoms with E-state index < -0.39 is 0 Å². The summed E-state index contributed by atoms with van der Waals surface area (Å²) in [7, 11) is 0. The Morgan fingerprint density at radius 1 is 1.03 bits per heavy atom. The van der Waals surface area contributed by atoms with Crippen molar-refractivity contribution in [2.45, 2.75) is 19.9 Å². The summed E-state index contributed by atoms with van der Waals surface area (Å²) in [4.78, 5) is 30.3. The van der Waals surface area contributed by atoms with Gasteiger partial charge in [0, 0.05) is 12.1 Å². The van der Waals surface area contributed by atoms with Crippen LogP contribution in [0.4, 0.5) is 0 Å². The highest BCUT2D eigenvalue weighted by Crippen LogP contribution is 2.17. The van der Waals surface area contributed by atoms with Crippen molar-refractivity contribution in [2.24, 2.45) is 0 Å². The van der Waals surface area contributed by atoms with Gasteiger partial charge in [0.2, 0.25) is 0 Å². The lowest BCUT2D eigenvalue weighted by atomic mass is 10.1. The molecule has 4 aromatic rings. The predicted molar refractivity (Wildman–Crippen MR) is 113 cm³/mol. The summed E-state index contributed by atoms with van der Waals surface area (Å²) in [5, 5.41) is 0.952. The van der Waals surface area contributed by atoms with Gasteiger partial charge in [0.1, 0.15) is 0 Å². The third-order valence-corrected chi connectivity index (χ3v) is 5.06. The van der Waals surface area contributed by atoms with Gasteiger partial charge in [-0.2, -0.15) is 0 Å². The van der Waals surface area contributed by atoms with Gasteiger partial charge < -0.3 is 14.3 Å². The molecule has 1 amide bonds. The predicted octanol–water partition coefficient (Wildman–Crippen LogP) is 4.31. The molecule has 4 rings (SSSR count). The number of amides is 1. The lowest BCUT2D eigenvalue weighted by molar-refractivity contribution is 0.0712. The van der Waals surface area contributed by atoms with Crippen molar-refractivity contribution in [1.82, 2.24) is 9.88 Å². The monoisotopic (exact) mass is 386 g/mol. The average Bonchev–Trinajstić information content (AvgIpc) is 3.27. The molecule has 0 bridgehead atoms. The standard InChI is InChI=1S/C24H22N2O3/c1-17-7-5-10-19-15-20(23(27)25-22(17)19)16-26(24(28)21-11-6-14-29-21)13-12-18-8-3-2-4-9-18/h2-11,14-15H,12-13,16H2,1H3,(H,25,27). The number of nitrogens with zero attached hydrogens (tertiary/aromatic N) is 1. The van der Waals surface area contributed by atoms with Gasteiger partial charge in [0.15, 0.2) is 5.76 Å². The lowest BCUT2D eigenvalue weighted by Crippen LogP contribution is -2.34. The number of hydrogen-bond donors (Lipinski definition) is 1. The molecule has 1 N–H and O–H groups in total. The molecule has 5 nitrogen and oxygen atoms in total. The quantitative estimate of drug-likeness (QED) is 0.537. The zero-order valence-electron chi connectivity index (χ0n) is 16.2. The second kappa shape index (κ2) is 8.19. The van der Waals surface area contributed by atoms with Crippen LogP contribution in [0.15, 0.2) is 82.2 Å². The van der Waals surface area contributed by atoms with Crippen LogP contribution in [0.1, 0.15) is 27.2 Å². The summed E-state index contributed by atoms with van der Waals surface area (Å²) in [6, 6.07) is 21.1. The summed E-state index contributed by atoms with van der Waals surface area (Å²) >= 11 is 0. The number of furan rings is 1. The fraction of sp³-hybridized carbons (Fsp3) is 0.167. The van der Waals surface area contributed by atoms with Gasteiger partial charge in [0.05, 0.1) is 18.3 Å². The highest BCUT2D eigenvalue weighted by atomic mass is 16.3. The molecule has 0 atom stereocenters. The van der Waals surface area contributed by atoms with E-state index in [2.05, 4.69) is 4.98 Å². The summed E-state index contributed by atoms with van der Waals surface area (Å²) < 4.78 is 5.31. The minimum absolute atomic E-state index is 0.177. The van der Waals surface area contributed by atoms with E-state index in [0.29, 0.717) is 18.5 Å². The molecule has 146 valence electrons. The second-order valence-electron chi connectivity index (χ2n) is 7.10. The zero-order valence-corrected chi connectivity index (χ0v) is 16.2. The SMILES string of the molecule is Cc1cccc2cc(CN(CCc3ccccc3)C(=O)c3ccco3)c(=O)[nH]c12. The third-order valence-electron chi connectivity index (χ3n) is 5.06. The van der Waals surface area contributed by atoms with Gasteiger partial charge in [-0.05, 0) is 48.1 Å². The van der Waals surface area contributed by atoms with Crippen LogP contribution in [0.2, 0.25) is 0 Å². The van der Waals surface area contributed by atoms with Crippen LogP contribution in [-0.4, -0.2) is 22.3 Å². The van der Waals surface area contributed by atoms with Crippen LogP contribution in [0.25, 0.3) is 10.9 Å². The summed E-state index contributed by atoms with van der Waals surface area (Å²) in [5.74, 6) is 0.0424. The third kappa shape index (κ3) is 4.14. The van der Waals surface area contributed by atoms with Crippen molar-refractivity contribution < 1.29 is 9.21 Å². The fourth-order valence-corrected chi connectivity index (χ4v) is 3.47. The molecular formula is C24H22N2O3. The number of pyridine rings is 1. The topological polar surface area (TPSA) is 66.3 Å². The molecule has 29 heavy (non-hydrogen) atoms. The molecular weight excluding hydrogens is 364 g/mol. The Bertz CT molecular complexity index is 1180. The minimum atomic E-state index is -0.227. The highest BCUT2D eigenvalue weighted by Gasteiger charge is 2.20. The van der Waals surface area contributed by atoms with Gasteiger partial charge in [0.25, 0.3) is 11.5 Å². The number of benzene rings is 2. The number of aromatic amines is 1. The summed E-state index contributed by atoms with van der Waals surface area (Å²) in [5.41, 5.74) is 3.35. The Labute approximate surface area is 168 Å². The molecule has 0 unspecified atom stereocenters. The van der Waals surface area contributed by atoms with E-state index in [0.717, 1.165) is 22.0 Å². The molecule has 0 saturated carbocycles. The van der Waals surface area contributed by atoms with Gasteiger partial charge in [-0.25, -0.2) is 0 Å². The van der Waals surface area contributed by atoms with E-state index in [1.165, 1.54) is 6.26 Å². The molecule has 0 spiro atoms. The molecule has 2 aromatic heterocycles. The van der Waals surface area contributed by atoms with Crippen molar-refractivity contribution in [2.75, 3.05) is 6.54 Å². The molecule has 0 radical (unpaired) electrons. The number of fused-ring (bicyclic) bond motifs is 1. The number of rotatable bonds is 6. The molecule has 0 aliphatic heterocycles. The summed E-state index contributed by atoms with van der Waals surface area (Å²) in [6.45, 7) is 2.66. The second-order valence-corrected chi connectivity index (χ2v) is 7.10. The molecule has 5 heteroatoms. The molecule has 0 aliphatic carbocycles. The molecule has 2 heterocycles. The number of para-hydroxylation sites is 1. The maximum absolute atomic E-state index is 13.0. The van der Waals surface area contributed by atoms with Crippen molar-refractivity contribution in [1.29, 1.82) is 0 Å². The molecule has 0 aliphatic rings. The van der Waals surface area contributed by atoms with Crippen molar-refractivity contribution in [3.8, 4) is 0 Å². The number of hydrogen-bond acceptors (Lipinski definition) is 3. The Balaban J connectivity index is 1.64. The molecule has 0 saturated heterocycles. The number of nitrogens with one attached hydrogen (secondary N) is 1. The number of aryl methyl sites for hydroxylation is 1. The number of carbonyl (C=O) groups is 1. The van der Waals surface area contributed by atoms with Crippen LogP contribution in [0.3, 0.4) is 0 Å². The van der Waals surface area contributed by atoms with E-state index in [1.807, 2.05) is 61.5 Å². The Kier molecular flexibility index (Phi) is 5.29. The largest absolute Gasteiger partial charge is 0.459 e. The van der Waals surface area contributed by atoms with Gasteiger partial charge in [-0.1, -0.05) is 48.5 Å². The average molecular weight is 386 g/mol. The first-order valence-corrected chi connectivity index (χ1v) is 9.60. The van der Waals surface area contributed by atoms with Crippen molar-refractivity contribution in [3.05, 3.63) is 106 Å². The smallest absolute Gasteiger partial charge is 0.289 e. The van der Waals surface area contributed by atoms with Gasteiger partial charge in [-0.15, -0.1) is 0 Å². The van der Waals surface area contributed by atoms with Crippen LogP contribution >= 0.6 is 0 Å². The minimum Gasteiger partial charge on any atom is -0.459 e. The van der Waals surface area contributed by atoms with E-state index >= 15 is 0 Å². The highest BCUT2D eigenvalue weighted by molar-refractivity contribution is 5.91. The first kappa shape index (κ1) is 18.7. The Hall–Kier alpha value is -3.60. The fourth-order valence-electron chi connectivity index (χ4n) is 3.47. The van der Waals surface area contributed by atoms with Crippen LogP contribution in [0, 0.1) is 6.92 Å².